The van der Waals surface area contributed by atoms with Gasteiger partial charge in [-0.1, -0.05) is 30.0 Å². The number of ether oxygens (including phenoxy) is 1. The van der Waals surface area contributed by atoms with Crippen molar-refractivity contribution < 1.29 is 9.53 Å². The lowest BCUT2D eigenvalue weighted by Gasteiger charge is -2.12. The summed E-state index contributed by atoms with van der Waals surface area (Å²) in [5.41, 5.74) is 1.11. The number of rotatable bonds is 6. The van der Waals surface area contributed by atoms with Crippen LogP contribution in [-0.2, 0) is 4.79 Å². The fourth-order valence-electron chi connectivity index (χ4n) is 3.13. The van der Waals surface area contributed by atoms with E-state index in [0.717, 1.165) is 0 Å². The third-order valence-electron chi connectivity index (χ3n) is 4.41. The standard InChI is InChI=1S/C20H19N5O3S/c1-3-21-17(26)12-29-20-23-22-19-24(13-7-6-8-14(11-13)28-2)18(27)15-9-4-5-10-16(15)25(19)20/h4-11H,3,12H2,1-2H3,(H,21,26). The molecule has 0 spiro atoms. The highest BCUT2D eigenvalue weighted by atomic mass is 32.2. The number of amides is 1. The van der Waals surface area contributed by atoms with Crippen molar-refractivity contribution in [2.24, 2.45) is 0 Å². The number of nitrogens with one attached hydrogen (secondary N) is 1. The Hall–Kier alpha value is -3.33. The minimum Gasteiger partial charge on any atom is -0.497 e. The van der Waals surface area contributed by atoms with Crippen LogP contribution in [0.5, 0.6) is 5.75 Å². The zero-order valence-electron chi connectivity index (χ0n) is 16.0. The number of carbonyl (C=O) groups excluding carboxylic acids is 1. The highest BCUT2D eigenvalue weighted by Crippen LogP contribution is 2.24. The monoisotopic (exact) mass is 409 g/mol. The molecule has 0 bridgehead atoms. The number of benzene rings is 2. The molecule has 29 heavy (non-hydrogen) atoms. The molecular weight excluding hydrogens is 390 g/mol. The number of fused-ring (bicyclic) bond motifs is 3. The molecule has 0 unspecified atom stereocenters. The van der Waals surface area contributed by atoms with E-state index >= 15 is 0 Å². The lowest BCUT2D eigenvalue weighted by atomic mass is 10.2. The van der Waals surface area contributed by atoms with Gasteiger partial charge in [-0.15, -0.1) is 10.2 Å². The number of hydrogen-bond acceptors (Lipinski definition) is 6. The van der Waals surface area contributed by atoms with Crippen LogP contribution in [0, 0.1) is 0 Å². The number of para-hydroxylation sites is 1. The van der Waals surface area contributed by atoms with Gasteiger partial charge in [0.25, 0.3) is 5.56 Å². The van der Waals surface area contributed by atoms with Crippen LogP contribution in [0.4, 0.5) is 0 Å². The summed E-state index contributed by atoms with van der Waals surface area (Å²) in [4.78, 5) is 25.2. The van der Waals surface area contributed by atoms with Gasteiger partial charge in [0.05, 0.1) is 29.5 Å². The lowest BCUT2D eigenvalue weighted by molar-refractivity contribution is -0.118. The topological polar surface area (TPSA) is 90.5 Å². The van der Waals surface area contributed by atoms with Crippen LogP contribution in [0.3, 0.4) is 0 Å². The number of aromatic nitrogens is 4. The van der Waals surface area contributed by atoms with Gasteiger partial charge in [-0.25, -0.2) is 4.57 Å². The number of thioether (sulfide) groups is 1. The van der Waals surface area contributed by atoms with Crippen molar-refractivity contribution in [2.45, 2.75) is 12.1 Å². The summed E-state index contributed by atoms with van der Waals surface area (Å²) in [6, 6.07) is 14.5. The minimum absolute atomic E-state index is 0.0836. The molecule has 0 aliphatic heterocycles. The van der Waals surface area contributed by atoms with Crippen molar-refractivity contribution >= 4 is 34.3 Å². The molecule has 2 aromatic heterocycles. The molecular formula is C20H19N5O3S. The van der Waals surface area contributed by atoms with E-state index in [9.17, 15) is 9.59 Å². The van der Waals surface area contributed by atoms with Crippen molar-refractivity contribution in [1.82, 2.24) is 24.5 Å². The maximum absolute atomic E-state index is 13.3. The Morgan fingerprint density at radius 3 is 2.79 bits per heavy atom. The third-order valence-corrected chi connectivity index (χ3v) is 5.34. The Kier molecular flexibility index (Phi) is 5.22. The van der Waals surface area contributed by atoms with E-state index in [1.165, 1.54) is 16.3 Å². The highest BCUT2D eigenvalue weighted by molar-refractivity contribution is 7.99. The molecule has 0 aliphatic rings. The smallest absolute Gasteiger partial charge is 0.267 e. The normalized spacial score (nSPS) is 11.1. The van der Waals surface area contributed by atoms with Crippen LogP contribution in [0.25, 0.3) is 22.4 Å². The van der Waals surface area contributed by atoms with Gasteiger partial charge in [-0.2, -0.15) is 0 Å². The summed E-state index contributed by atoms with van der Waals surface area (Å²) in [5, 5.41) is 12.4. The molecule has 4 rings (SSSR count). The van der Waals surface area contributed by atoms with Crippen LogP contribution >= 0.6 is 11.8 Å². The van der Waals surface area contributed by atoms with Crippen LogP contribution in [0.1, 0.15) is 6.92 Å². The molecule has 0 saturated carbocycles. The number of carbonyl (C=O) groups is 1. The van der Waals surface area contributed by atoms with Crippen molar-refractivity contribution in [3.05, 3.63) is 58.9 Å². The van der Waals surface area contributed by atoms with Crippen LogP contribution in [-0.4, -0.2) is 44.5 Å². The van der Waals surface area contributed by atoms with Gasteiger partial charge < -0.3 is 10.1 Å². The first kappa shape index (κ1) is 19.0. The Labute approximate surface area is 170 Å². The molecule has 4 aromatic rings. The van der Waals surface area contributed by atoms with Gasteiger partial charge in [0.1, 0.15) is 5.75 Å². The van der Waals surface area contributed by atoms with E-state index in [2.05, 4.69) is 15.5 Å². The molecule has 8 nitrogen and oxygen atoms in total. The Bertz CT molecular complexity index is 1260. The second kappa shape index (κ2) is 7.96. The number of methoxy groups -OCH3 is 1. The van der Waals surface area contributed by atoms with E-state index in [1.54, 1.807) is 23.6 Å². The zero-order chi connectivity index (χ0) is 20.4. The summed E-state index contributed by atoms with van der Waals surface area (Å²) in [7, 11) is 1.57. The van der Waals surface area contributed by atoms with E-state index in [4.69, 9.17) is 4.74 Å². The molecule has 9 heteroatoms. The quantitative estimate of drug-likeness (QED) is 0.492. The maximum atomic E-state index is 13.3. The largest absolute Gasteiger partial charge is 0.497 e. The van der Waals surface area contributed by atoms with E-state index in [1.807, 2.05) is 43.3 Å². The summed E-state index contributed by atoms with van der Waals surface area (Å²) in [6.45, 7) is 2.44. The summed E-state index contributed by atoms with van der Waals surface area (Å²) < 4.78 is 8.62. The fraction of sp³-hybridized carbons (Fsp3) is 0.200. The molecule has 0 radical (unpaired) electrons. The van der Waals surface area contributed by atoms with Gasteiger partial charge in [0.15, 0.2) is 5.16 Å². The highest BCUT2D eigenvalue weighted by Gasteiger charge is 2.18. The van der Waals surface area contributed by atoms with Gasteiger partial charge >= 0.3 is 0 Å². The Balaban J connectivity index is 1.95. The second-order valence-electron chi connectivity index (χ2n) is 6.22. The molecule has 0 atom stereocenters. The first-order valence-corrected chi connectivity index (χ1v) is 10.1. The SMILES string of the molecule is CCNC(=O)CSc1nnc2n(-c3cccc(OC)c3)c(=O)c3ccccc3n12. The first-order chi connectivity index (χ1) is 14.1. The third kappa shape index (κ3) is 3.44. The van der Waals surface area contributed by atoms with Crippen molar-refractivity contribution in [3.63, 3.8) is 0 Å². The molecule has 0 aliphatic carbocycles. The fourth-order valence-corrected chi connectivity index (χ4v) is 3.90. The Morgan fingerprint density at radius 1 is 1.17 bits per heavy atom. The lowest BCUT2D eigenvalue weighted by Crippen LogP contribution is -2.24. The molecule has 0 saturated heterocycles. The van der Waals surface area contributed by atoms with Gasteiger partial charge in [0.2, 0.25) is 11.7 Å². The van der Waals surface area contributed by atoms with Crippen LogP contribution < -0.4 is 15.6 Å². The Morgan fingerprint density at radius 2 is 2.00 bits per heavy atom. The van der Waals surface area contributed by atoms with Crippen LogP contribution in [0.2, 0.25) is 0 Å². The number of nitrogens with zero attached hydrogens (tertiary/aromatic N) is 4. The van der Waals surface area contributed by atoms with Crippen LogP contribution in [0.15, 0.2) is 58.5 Å². The molecule has 2 heterocycles. The number of hydrogen-bond donors (Lipinski definition) is 1. The molecule has 1 amide bonds. The van der Waals surface area contributed by atoms with E-state index in [0.29, 0.717) is 39.8 Å². The average molecular weight is 409 g/mol. The molecule has 148 valence electrons. The van der Waals surface area contributed by atoms with Crippen molar-refractivity contribution in [1.29, 1.82) is 0 Å². The summed E-state index contributed by atoms with van der Waals surface area (Å²) in [5.74, 6) is 1.13. The van der Waals surface area contributed by atoms with Gasteiger partial charge in [0, 0.05) is 12.6 Å². The molecule has 1 N–H and O–H groups in total. The molecule has 2 aromatic carbocycles. The van der Waals surface area contributed by atoms with Crippen molar-refractivity contribution in [3.8, 4) is 11.4 Å². The van der Waals surface area contributed by atoms with E-state index < -0.39 is 0 Å². The first-order valence-electron chi connectivity index (χ1n) is 9.07. The predicted octanol–water partition coefficient (Wildman–Crippen LogP) is 2.27. The zero-order valence-corrected chi connectivity index (χ0v) is 16.8. The summed E-state index contributed by atoms with van der Waals surface area (Å²) >= 11 is 1.27. The van der Waals surface area contributed by atoms with Gasteiger partial charge in [-0.3, -0.25) is 14.0 Å². The van der Waals surface area contributed by atoms with E-state index in [-0.39, 0.29) is 17.2 Å². The average Bonchev–Trinajstić information content (AvgIpc) is 3.16. The second-order valence-corrected chi connectivity index (χ2v) is 7.16. The summed E-state index contributed by atoms with van der Waals surface area (Å²) in [6.07, 6.45) is 0. The van der Waals surface area contributed by atoms with Gasteiger partial charge in [-0.05, 0) is 31.2 Å². The molecule has 0 fully saturated rings. The maximum Gasteiger partial charge on any atom is 0.267 e. The minimum atomic E-state index is -0.200. The van der Waals surface area contributed by atoms with Crippen molar-refractivity contribution in [2.75, 3.05) is 19.4 Å². The predicted molar refractivity (Wildman–Crippen MR) is 112 cm³/mol.